The topological polar surface area (TPSA) is 68.2 Å². The first-order valence-electron chi connectivity index (χ1n) is 6.25. The third-order valence-electron chi connectivity index (χ3n) is 2.01. The van der Waals surface area contributed by atoms with Crippen molar-refractivity contribution < 1.29 is 24.4 Å². The molecular formula is C14H24O5. The molecule has 0 aliphatic heterocycles. The van der Waals surface area contributed by atoms with Gasteiger partial charge in [-0.25, -0.2) is 0 Å². The van der Waals surface area contributed by atoms with Crippen LogP contribution in [0, 0.1) is 0 Å². The largest absolute Gasteiger partial charge is 0.394 e. The van der Waals surface area contributed by atoms with Crippen molar-refractivity contribution in [2.45, 2.75) is 6.61 Å². The maximum Gasteiger partial charge on any atom is 0.0718 e. The van der Waals surface area contributed by atoms with Crippen molar-refractivity contribution >= 4 is 0 Å². The van der Waals surface area contributed by atoms with Gasteiger partial charge < -0.3 is 24.4 Å². The van der Waals surface area contributed by atoms with E-state index in [2.05, 4.69) is 4.74 Å². The van der Waals surface area contributed by atoms with Gasteiger partial charge in [-0.3, -0.25) is 0 Å². The lowest BCUT2D eigenvalue weighted by atomic mass is 10.2. The zero-order valence-corrected chi connectivity index (χ0v) is 11.5. The molecule has 2 N–H and O–H groups in total. The van der Waals surface area contributed by atoms with Gasteiger partial charge in [0.15, 0.2) is 0 Å². The lowest BCUT2D eigenvalue weighted by Gasteiger charge is -2.00. The molecular weight excluding hydrogens is 248 g/mol. The molecule has 5 heteroatoms. The van der Waals surface area contributed by atoms with Gasteiger partial charge >= 0.3 is 0 Å². The molecule has 5 nitrogen and oxygen atoms in total. The molecule has 0 aliphatic carbocycles. The van der Waals surface area contributed by atoms with Gasteiger partial charge in [0, 0.05) is 7.11 Å². The standard InChI is InChI=1S/C9H12O2.C5H12O3/c10-6-7-11-8-9-4-2-1-3-5-9;1-7-4-5-8-3-2-6/h1-5,10H,6-8H2;6H,2-5H2,1H3. The first-order valence-corrected chi connectivity index (χ1v) is 6.25. The molecule has 0 radical (unpaired) electrons. The van der Waals surface area contributed by atoms with Crippen LogP contribution in [-0.2, 0) is 20.8 Å². The number of benzene rings is 1. The second kappa shape index (κ2) is 15.1. The Morgan fingerprint density at radius 1 is 0.842 bits per heavy atom. The molecule has 1 aromatic carbocycles. The van der Waals surface area contributed by atoms with E-state index in [9.17, 15) is 0 Å². The summed E-state index contributed by atoms with van der Waals surface area (Å²) in [6.45, 7) is 2.74. The van der Waals surface area contributed by atoms with Gasteiger partial charge in [0.1, 0.15) is 0 Å². The van der Waals surface area contributed by atoms with Crippen LogP contribution in [0.4, 0.5) is 0 Å². The van der Waals surface area contributed by atoms with E-state index in [0.717, 1.165) is 5.56 Å². The molecule has 0 unspecified atom stereocenters. The lowest BCUT2D eigenvalue weighted by molar-refractivity contribution is 0.0500. The molecule has 0 saturated heterocycles. The first-order chi connectivity index (χ1) is 9.35. The monoisotopic (exact) mass is 272 g/mol. The summed E-state index contributed by atoms with van der Waals surface area (Å²) in [5.41, 5.74) is 1.14. The molecule has 1 aromatic rings. The van der Waals surface area contributed by atoms with Crippen molar-refractivity contribution in [3.63, 3.8) is 0 Å². The van der Waals surface area contributed by atoms with Crippen molar-refractivity contribution in [1.82, 2.24) is 0 Å². The minimum absolute atomic E-state index is 0.0870. The summed E-state index contributed by atoms with van der Waals surface area (Å²) >= 11 is 0. The lowest BCUT2D eigenvalue weighted by Crippen LogP contribution is -2.05. The summed E-state index contributed by atoms with van der Waals surface area (Å²) in [5, 5.41) is 16.6. The predicted octanol–water partition coefficient (Wildman–Crippen LogP) is 0.837. The summed E-state index contributed by atoms with van der Waals surface area (Å²) in [6.07, 6.45) is 0. The molecule has 0 heterocycles. The van der Waals surface area contributed by atoms with Crippen molar-refractivity contribution in [2.75, 3.05) is 46.8 Å². The molecule has 0 aromatic heterocycles. The Bertz CT molecular complexity index is 260. The Hall–Kier alpha value is -0.980. The second-order valence-electron chi connectivity index (χ2n) is 3.59. The van der Waals surface area contributed by atoms with Crippen LogP contribution in [0.25, 0.3) is 0 Å². The normalized spacial score (nSPS) is 9.84. The van der Waals surface area contributed by atoms with E-state index in [1.54, 1.807) is 7.11 Å². The van der Waals surface area contributed by atoms with E-state index in [1.165, 1.54) is 0 Å². The summed E-state index contributed by atoms with van der Waals surface area (Å²) < 4.78 is 14.6. The van der Waals surface area contributed by atoms with Gasteiger partial charge in [0.05, 0.1) is 46.2 Å². The average Bonchev–Trinajstić information content (AvgIpc) is 2.46. The van der Waals surface area contributed by atoms with E-state index in [4.69, 9.17) is 19.7 Å². The number of ether oxygens (including phenoxy) is 3. The van der Waals surface area contributed by atoms with Crippen molar-refractivity contribution in [2.24, 2.45) is 0 Å². The molecule has 110 valence electrons. The maximum atomic E-state index is 8.42. The number of hydrogen-bond acceptors (Lipinski definition) is 5. The molecule has 0 bridgehead atoms. The van der Waals surface area contributed by atoms with E-state index in [0.29, 0.717) is 33.0 Å². The molecule has 0 aliphatic rings. The molecule has 19 heavy (non-hydrogen) atoms. The SMILES string of the molecule is COCCOCCO.OCCOCc1ccccc1. The molecule has 0 amide bonds. The highest BCUT2D eigenvalue weighted by molar-refractivity contribution is 5.13. The van der Waals surface area contributed by atoms with Crippen molar-refractivity contribution in [1.29, 1.82) is 0 Å². The van der Waals surface area contributed by atoms with E-state index < -0.39 is 0 Å². The molecule has 1 rings (SSSR count). The van der Waals surface area contributed by atoms with Gasteiger partial charge in [-0.1, -0.05) is 30.3 Å². The van der Waals surface area contributed by atoms with Crippen LogP contribution >= 0.6 is 0 Å². The molecule has 0 fully saturated rings. The molecule has 0 atom stereocenters. The number of aliphatic hydroxyl groups excluding tert-OH is 2. The third-order valence-corrected chi connectivity index (χ3v) is 2.01. The van der Waals surface area contributed by atoms with E-state index in [-0.39, 0.29) is 13.2 Å². The number of rotatable bonds is 9. The van der Waals surface area contributed by atoms with Crippen molar-refractivity contribution in [3.8, 4) is 0 Å². The van der Waals surface area contributed by atoms with Gasteiger partial charge in [0.25, 0.3) is 0 Å². The van der Waals surface area contributed by atoms with Gasteiger partial charge in [-0.2, -0.15) is 0 Å². The number of hydrogen-bond donors (Lipinski definition) is 2. The van der Waals surface area contributed by atoms with Crippen LogP contribution in [0.15, 0.2) is 30.3 Å². The summed E-state index contributed by atoms with van der Waals surface area (Å²) in [7, 11) is 1.61. The fourth-order valence-electron chi connectivity index (χ4n) is 1.14. The van der Waals surface area contributed by atoms with Crippen molar-refractivity contribution in [3.05, 3.63) is 35.9 Å². The fourth-order valence-corrected chi connectivity index (χ4v) is 1.14. The highest BCUT2D eigenvalue weighted by atomic mass is 16.5. The minimum Gasteiger partial charge on any atom is -0.394 e. The van der Waals surface area contributed by atoms with Crippen LogP contribution in [0.1, 0.15) is 5.56 Å². The number of methoxy groups -OCH3 is 1. The second-order valence-corrected chi connectivity index (χ2v) is 3.59. The van der Waals surface area contributed by atoms with Crippen LogP contribution in [0.2, 0.25) is 0 Å². The minimum atomic E-state index is 0.0870. The Kier molecular flexibility index (Phi) is 14.3. The van der Waals surface area contributed by atoms with Crippen LogP contribution < -0.4 is 0 Å². The highest BCUT2D eigenvalue weighted by Gasteiger charge is 1.89. The van der Waals surface area contributed by atoms with Gasteiger partial charge in [0.2, 0.25) is 0 Å². The van der Waals surface area contributed by atoms with Gasteiger partial charge in [-0.15, -0.1) is 0 Å². The van der Waals surface area contributed by atoms with Gasteiger partial charge in [-0.05, 0) is 5.56 Å². The van der Waals surface area contributed by atoms with Crippen LogP contribution in [0.3, 0.4) is 0 Å². The van der Waals surface area contributed by atoms with E-state index >= 15 is 0 Å². The Morgan fingerprint density at radius 2 is 1.47 bits per heavy atom. The third kappa shape index (κ3) is 13.3. The summed E-state index contributed by atoms with van der Waals surface area (Å²) in [4.78, 5) is 0. The Morgan fingerprint density at radius 3 is 2.05 bits per heavy atom. The Labute approximate surface area is 114 Å². The van der Waals surface area contributed by atoms with Crippen LogP contribution in [-0.4, -0.2) is 57.0 Å². The zero-order valence-electron chi connectivity index (χ0n) is 11.5. The smallest absolute Gasteiger partial charge is 0.0718 e. The Balaban J connectivity index is 0.000000362. The molecule has 0 saturated carbocycles. The van der Waals surface area contributed by atoms with Crippen LogP contribution in [0.5, 0.6) is 0 Å². The maximum absolute atomic E-state index is 8.42. The number of aliphatic hydroxyl groups is 2. The average molecular weight is 272 g/mol. The summed E-state index contributed by atoms with van der Waals surface area (Å²) in [5.74, 6) is 0. The quantitative estimate of drug-likeness (QED) is 0.652. The first kappa shape index (κ1) is 18.0. The molecule has 0 spiro atoms. The zero-order chi connectivity index (χ0) is 14.2. The summed E-state index contributed by atoms with van der Waals surface area (Å²) in [6, 6.07) is 9.90. The predicted molar refractivity (Wildman–Crippen MR) is 73.0 cm³/mol. The fraction of sp³-hybridized carbons (Fsp3) is 0.571. The highest BCUT2D eigenvalue weighted by Crippen LogP contribution is 1.99. The van der Waals surface area contributed by atoms with E-state index in [1.807, 2.05) is 30.3 Å².